The van der Waals surface area contributed by atoms with E-state index in [4.69, 9.17) is 0 Å². The van der Waals surface area contributed by atoms with Gasteiger partial charge in [-0.3, -0.25) is 4.72 Å². The van der Waals surface area contributed by atoms with E-state index >= 15 is 0 Å². The van der Waals surface area contributed by atoms with Gasteiger partial charge in [0, 0.05) is 11.7 Å². The van der Waals surface area contributed by atoms with Crippen molar-refractivity contribution in [1.29, 1.82) is 0 Å². The Morgan fingerprint density at radius 2 is 1.83 bits per heavy atom. The van der Waals surface area contributed by atoms with Crippen molar-refractivity contribution in [2.75, 3.05) is 15.4 Å². The van der Waals surface area contributed by atoms with Gasteiger partial charge in [0.05, 0.1) is 12.0 Å². The van der Waals surface area contributed by atoms with Crippen molar-refractivity contribution in [3.63, 3.8) is 0 Å². The molecule has 1 saturated carbocycles. The largest absolute Gasteiger partial charge is 0.516 e. The lowest BCUT2D eigenvalue weighted by molar-refractivity contribution is -0.0429. The van der Waals surface area contributed by atoms with Crippen molar-refractivity contribution in [3.05, 3.63) is 30.6 Å². The molecule has 1 aliphatic carbocycles. The molecule has 0 saturated heterocycles. The van der Waals surface area contributed by atoms with Gasteiger partial charge >= 0.3 is 15.5 Å². The molecule has 1 aromatic carbocycles. The Labute approximate surface area is 169 Å². The highest BCUT2D eigenvalue weighted by molar-refractivity contribution is 7.93. The third-order valence-corrected chi connectivity index (χ3v) is 5.76. The lowest BCUT2D eigenvalue weighted by Gasteiger charge is -2.14. The molecule has 160 valence electrons. The molecule has 3 aromatic rings. The van der Waals surface area contributed by atoms with Crippen LogP contribution in [0.5, 0.6) is 0 Å². The topological polar surface area (TPSA) is 125 Å². The Kier molecular flexibility index (Phi) is 5.13. The summed E-state index contributed by atoms with van der Waals surface area (Å²) in [5.74, 6) is 0.729. The molecular formula is C17H18F3N7O2S. The zero-order chi connectivity index (χ0) is 21.4. The average Bonchev–Trinajstić information content (AvgIpc) is 3.32. The van der Waals surface area contributed by atoms with Gasteiger partial charge in [0.2, 0.25) is 5.95 Å². The summed E-state index contributed by atoms with van der Waals surface area (Å²) in [4.78, 5) is 15.9. The molecule has 0 aliphatic heterocycles. The maximum atomic E-state index is 12.6. The lowest BCUT2D eigenvalue weighted by Crippen LogP contribution is -2.29. The first-order valence-electron chi connectivity index (χ1n) is 9.15. The normalized spacial score (nSPS) is 15.4. The SMILES string of the molecule is O=S(=O)(Nc1cccc(Nc2nc(NC3CCCC3)c3nc[nH]c3n2)c1)C(F)(F)F. The first-order chi connectivity index (χ1) is 14.2. The van der Waals surface area contributed by atoms with Gasteiger partial charge in [0.15, 0.2) is 11.5 Å². The molecule has 1 fully saturated rings. The number of aromatic amines is 1. The number of nitrogens with zero attached hydrogens (tertiary/aromatic N) is 3. The first-order valence-corrected chi connectivity index (χ1v) is 10.6. The van der Waals surface area contributed by atoms with Crippen molar-refractivity contribution in [2.24, 2.45) is 0 Å². The van der Waals surface area contributed by atoms with Gasteiger partial charge in [-0.2, -0.15) is 31.6 Å². The molecule has 0 spiro atoms. The van der Waals surface area contributed by atoms with Crippen molar-refractivity contribution >= 4 is 44.3 Å². The molecular weight excluding hydrogens is 423 g/mol. The number of nitrogens with one attached hydrogen (secondary N) is 4. The van der Waals surface area contributed by atoms with Crippen molar-refractivity contribution in [1.82, 2.24) is 19.9 Å². The molecule has 9 nitrogen and oxygen atoms in total. The molecule has 4 N–H and O–H groups in total. The van der Waals surface area contributed by atoms with E-state index in [0.29, 0.717) is 22.7 Å². The number of fused-ring (bicyclic) bond motifs is 1. The second-order valence-electron chi connectivity index (χ2n) is 6.88. The Bertz CT molecular complexity index is 1160. The summed E-state index contributed by atoms with van der Waals surface area (Å²) in [6.45, 7) is 0. The summed E-state index contributed by atoms with van der Waals surface area (Å²) in [6, 6.07) is 5.67. The summed E-state index contributed by atoms with van der Waals surface area (Å²) < 4.78 is 61.9. The van der Waals surface area contributed by atoms with E-state index in [1.54, 1.807) is 6.07 Å². The number of aromatic nitrogens is 4. The number of H-pyrrole nitrogens is 1. The Morgan fingerprint density at radius 1 is 1.10 bits per heavy atom. The van der Waals surface area contributed by atoms with Crippen LogP contribution in [0.2, 0.25) is 0 Å². The number of halogens is 3. The maximum Gasteiger partial charge on any atom is 0.516 e. The van der Waals surface area contributed by atoms with E-state index in [9.17, 15) is 21.6 Å². The molecule has 4 rings (SSSR count). The van der Waals surface area contributed by atoms with Crippen LogP contribution < -0.4 is 15.4 Å². The highest BCUT2D eigenvalue weighted by atomic mass is 32.2. The van der Waals surface area contributed by atoms with Gasteiger partial charge < -0.3 is 15.6 Å². The summed E-state index contributed by atoms with van der Waals surface area (Å²) in [5.41, 5.74) is -4.28. The molecule has 13 heteroatoms. The van der Waals surface area contributed by atoms with E-state index in [1.807, 2.05) is 0 Å². The summed E-state index contributed by atoms with van der Waals surface area (Å²) in [6.07, 6.45) is 5.83. The Hall–Kier alpha value is -3.09. The second kappa shape index (κ2) is 7.63. The number of anilines is 4. The van der Waals surface area contributed by atoms with E-state index in [1.165, 1.54) is 29.2 Å². The highest BCUT2D eigenvalue weighted by Crippen LogP contribution is 2.28. The fraction of sp³-hybridized carbons (Fsp3) is 0.353. The van der Waals surface area contributed by atoms with Crippen molar-refractivity contribution < 1.29 is 21.6 Å². The van der Waals surface area contributed by atoms with Gasteiger partial charge in [0.25, 0.3) is 0 Å². The lowest BCUT2D eigenvalue weighted by atomic mass is 10.2. The van der Waals surface area contributed by atoms with Gasteiger partial charge in [-0.25, -0.2) is 4.98 Å². The van der Waals surface area contributed by atoms with E-state index in [-0.39, 0.29) is 17.7 Å². The minimum absolute atomic E-state index is 0.183. The second-order valence-corrected chi connectivity index (χ2v) is 8.55. The van der Waals surface area contributed by atoms with Gasteiger partial charge in [-0.05, 0) is 31.0 Å². The first kappa shape index (κ1) is 20.2. The number of sulfonamides is 1. The number of rotatable bonds is 6. The number of hydrogen-bond acceptors (Lipinski definition) is 7. The highest BCUT2D eigenvalue weighted by Gasteiger charge is 2.46. The quantitative estimate of drug-likeness (QED) is 0.460. The Morgan fingerprint density at radius 3 is 2.57 bits per heavy atom. The zero-order valence-corrected chi connectivity index (χ0v) is 16.3. The fourth-order valence-electron chi connectivity index (χ4n) is 3.26. The van der Waals surface area contributed by atoms with Crippen LogP contribution >= 0.6 is 0 Å². The minimum atomic E-state index is -5.51. The molecule has 0 atom stereocenters. The maximum absolute atomic E-state index is 12.6. The average molecular weight is 441 g/mol. The van der Waals surface area contributed by atoms with Crippen LogP contribution in [0.25, 0.3) is 11.2 Å². The number of alkyl halides is 3. The fourth-order valence-corrected chi connectivity index (χ4v) is 3.81. The van der Waals surface area contributed by atoms with Gasteiger partial charge in [0.1, 0.15) is 5.52 Å². The van der Waals surface area contributed by atoms with Crippen molar-refractivity contribution in [2.45, 2.75) is 37.2 Å². The molecule has 0 unspecified atom stereocenters. The van der Waals surface area contributed by atoms with Crippen LogP contribution in [0.4, 0.5) is 36.3 Å². The number of benzene rings is 1. The molecule has 0 radical (unpaired) electrons. The van der Waals surface area contributed by atoms with E-state index in [2.05, 4.69) is 30.6 Å². The number of hydrogen-bond donors (Lipinski definition) is 4. The van der Waals surface area contributed by atoms with Crippen LogP contribution in [0, 0.1) is 0 Å². The summed E-state index contributed by atoms with van der Waals surface area (Å²) in [7, 11) is -5.51. The van der Waals surface area contributed by atoms with Crippen LogP contribution in [-0.4, -0.2) is 39.9 Å². The molecule has 0 amide bonds. The third kappa shape index (κ3) is 4.25. The van der Waals surface area contributed by atoms with E-state index < -0.39 is 15.5 Å². The van der Waals surface area contributed by atoms with E-state index in [0.717, 1.165) is 25.7 Å². The summed E-state index contributed by atoms with van der Waals surface area (Å²) >= 11 is 0. The summed E-state index contributed by atoms with van der Waals surface area (Å²) in [5, 5.41) is 6.25. The van der Waals surface area contributed by atoms with Crippen molar-refractivity contribution in [3.8, 4) is 0 Å². The minimum Gasteiger partial charge on any atom is -0.365 e. The molecule has 30 heavy (non-hydrogen) atoms. The molecule has 1 aliphatic rings. The smallest absolute Gasteiger partial charge is 0.365 e. The number of imidazole rings is 1. The predicted molar refractivity (Wildman–Crippen MR) is 106 cm³/mol. The van der Waals surface area contributed by atoms with Crippen LogP contribution in [0.3, 0.4) is 0 Å². The zero-order valence-electron chi connectivity index (χ0n) is 15.5. The molecule has 2 heterocycles. The van der Waals surface area contributed by atoms with Crippen LogP contribution in [0.1, 0.15) is 25.7 Å². The van der Waals surface area contributed by atoms with Gasteiger partial charge in [-0.1, -0.05) is 18.9 Å². The monoisotopic (exact) mass is 441 g/mol. The third-order valence-electron chi connectivity index (χ3n) is 4.65. The molecule has 0 bridgehead atoms. The predicted octanol–water partition coefficient (Wildman–Crippen LogP) is 3.71. The van der Waals surface area contributed by atoms with Gasteiger partial charge in [-0.15, -0.1) is 0 Å². The Balaban J connectivity index is 1.58. The molecule has 2 aromatic heterocycles. The standard InChI is InChI=1S/C17H18F3N7O2S/c18-17(19,20)30(28,29)27-12-7-3-6-11(8-12)24-16-25-14-13(21-9-22-14)15(26-16)23-10-4-1-2-5-10/h3,6-10,27H,1-2,4-5H2,(H3,21,22,23,24,25,26). The van der Waals surface area contributed by atoms with Crippen LogP contribution in [0.15, 0.2) is 30.6 Å². The van der Waals surface area contributed by atoms with Crippen LogP contribution in [-0.2, 0) is 10.0 Å².